The summed E-state index contributed by atoms with van der Waals surface area (Å²) in [6.45, 7) is 2.23. The summed E-state index contributed by atoms with van der Waals surface area (Å²) in [5.74, 6) is 0.529. The van der Waals surface area contributed by atoms with Crippen LogP contribution in [0.2, 0.25) is 0 Å². The Hall–Kier alpha value is -3.18. The Morgan fingerprint density at radius 1 is 0.968 bits per heavy atom. The van der Waals surface area contributed by atoms with Gasteiger partial charge in [-0.15, -0.1) is 0 Å². The molecule has 2 unspecified atom stereocenters. The zero-order valence-corrected chi connectivity index (χ0v) is 17.6. The van der Waals surface area contributed by atoms with Gasteiger partial charge in [0.25, 0.3) is 0 Å². The van der Waals surface area contributed by atoms with Crippen molar-refractivity contribution >= 4 is 11.7 Å². The number of para-hydroxylation sites is 1. The van der Waals surface area contributed by atoms with Crippen LogP contribution in [0.5, 0.6) is 0 Å². The van der Waals surface area contributed by atoms with E-state index >= 15 is 0 Å². The van der Waals surface area contributed by atoms with Gasteiger partial charge in [0.15, 0.2) is 0 Å². The molecule has 2 N–H and O–H groups in total. The number of hydrogen-bond acceptors (Lipinski definition) is 3. The van der Waals surface area contributed by atoms with Crippen LogP contribution in [0.15, 0.2) is 79.1 Å². The number of nitrogens with one attached hydrogen (secondary N) is 2. The third kappa shape index (κ3) is 4.32. The molecule has 1 aromatic heterocycles. The average molecular weight is 413 g/mol. The highest BCUT2D eigenvalue weighted by Crippen LogP contribution is 2.34. The molecule has 4 heterocycles. The number of hydrogen-bond donors (Lipinski definition) is 2. The molecule has 0 spiro atoms. The van der Waals surface area contributed by atoms with E-state index in [9.17, 15) is 4.79 Å². The smallest absolute Gasteiger partial charge is 0.319 e. The lowest BCUT2D eigenvalue weighted by Gasteiger charge is -2.51. The number of piperidine rings is 3. The highest BCUT2D eigenvalue weighted by molar-refractivity contribution is 5.94. The van der Waals surface area contributed by atoms with Crippen molar-refractivity contribution in [2.75, 3.05) is 18.4 Å². The number of fused-ring (bicyclic) bond motifs is 3. The molecular weight excluding hydrogens is 384 g/mol. The molecule has 3 saturated heterocycles. The van der Waals surface area contributed by atoms with Crippen molar-refractivity contribution in [2.45, 2.75) is 31.3 Å². The van der Waals surface area contributed by atoms with Crippen molar-refractivity contribution < 1.29 is 4.79 Å². The molecule has 2 bridgehead atoms. The first-order valence-electron chi connectivity index (χ1n) is 11.1. The van der Waals surface area contributed by atoms with Gasteiger partial charge >= 0.3 is 6.03 Å². The molecule has 3 fully saturated rings. The molecule has 5 nitrogen and oxygen atoms in total. The lowest BCUT2D eigenvalue weighted by atomic mass is 9.77. The number of nitrogens with zero attached hydrogens (tertiary/aromatic N) is 2. The fourth-order valence-corrected chi connectivity index (χ4v) is 5.15. The molecule has 3 aromatic rings. The Kier molecular flexibility index (Phi) is 5.67. The van der Waals surface area contributed by atoms with E-state index in [-0.39, 0.29) is 12.1 Å². The van der Waals surface area contributed by atoms with Crippen LogP contribution in [-0.2, 0) is 6.42 Å². The quantitative estimate of drug-likeness (QED) is 0.645. The van der Waals surface area contributed by atoms with Crippen LogP contribution in [0.1, 0.15) is 18.4 Å². The van der Waals surface area contributed by atoms with Crippen LogP contribution in [0, 0.1) is 5.92 Å². The van der Waals surface area contributed by atoms with Crippen molar-refractivity contribution in [3.63, 3.8) is 0 Å². The zero-order valence-electron chi connectivity index (χ0n) is 17.6. The third-order valence-electron chi connectivity index (χ3n) is 6.69. The summed E-state index contributed by atoms with van der Waals surface area (Å²) in [6.07, 6.45) is 6.96. The lowest BCUT2D eigenvalue weighted by Crippen LogP contribution is -2.64. The van der Waals surface area contributed by atoms with Crippen LogP contribution in [-0.4, -0.2) is 41.1 Å². The molecule has 0 saturated carbocycles. The Morgan fingerprint density at radius 2 is 1.74 bits per heavy atom. The van der Waals surface area contributed by atoms with Gasteiger partial charge in [0, 0.05) is 30.0 Å². The Morgan fingerprint density at radius 3 is 2.52 bits per heavy atom. The van der Waals surface area contributed by atoms with Crippen LogP contribution in [0.3, 0.4) is 0 Å². The number of urea groups is 1. The minimum absolute atomic E-state index is 0.127. The number of carbonyl (C=O) groups is 1. The normalized spacial score (nSPS) is 24.5. The van der Waals surface area contributed by atoms with E-state index in [4.69, 9.17) is 0 Å². The van der Waals surface area contributed by atoms with Crippen LogP contribution >= 0.6 is 0 Å². The first-order valence-corrected chi connectivity index (χ1v) is 11.1. The summed E-state index contributed by atoms with van der Waals surface area (Å²) < 4.78 is 0. The predicted molar refractivity (Wildman–Crippen MR) is 124 cm³/mol. The van der Waals surface area contributed by atoms with E-state index in [1.165, 1.54) is 5.56 Å². The van der Waals surface area contributed by atoms with E-state index < -0.39 is 0 Å². The predicted octanol–water partition coefficient (Wildman–Crippen LogP) is 4.58. The Balaban J connectivity index is 1.33. The number of rotatable bonds is 5. The van der Waals surface area contributed by atoms with Crippen molar-refractivity contribution in [1.82, 2.24) is 15.2 Å². The van der Waals surface area contributed by atoms with Crippen LogP contribution in [0.25, 0.3) is 11.1 Å². The van der Waals surface area contributed by atoms with E-state index in [2.05, 4.69) is 38.7 Å². The summed E-state index contributed by atoms with van der Waals surface area (Å²) in [4.78, 5) is 19.9. The SMILES string of the molecule is O=C(Nc1ccccc1-c1ccccc1)NC1C2CCN(CC2)C1Cc1cccnc1. The number of aromatic nitrogens is 1. The second-order valence-corrected chi connectivity index (χ2v) is 8.54. The van der Waals surface area contributed by atoms with E-state index in [0.717, 1.165) is 49.2 Å². The molecule has 3 aliphatic heterocycles. The maximum absolute atomic E-state index is 13.1. The second kappa shape index (κ2) is 8.90. The van der Waals surface area contributed by atoms with Gasteiger partial charge < -0.3 is 10.6 Å². The molecule has 0 aliphatic carbocycles. The van der Waals surface area contributed by atoms with E-state index in [0.29, 0.717) is 12.0 Å². The molecule has 3 aliphatic rings. The maximum Gasteiger partial charge on any atom is 0.319 e. The molecular formula is C26H28N4O. The zero-order chi connectivity index (χ0) is 21.0. The van der Waals surface area contributed by atoms with Crippen molar-refractivity contribution in [1.29, 1.82) is 0 Å². The largest absolute Gasteiger partial charge is 0.333 e. The van der Waals surface area contributed by atoms with Gasteiger partial charge in [0.2, 0.25) is 0 Å². The van der Waals surface area contributed by atoms with Gasteiger partial charge in [0.05, 0.1) is 5.69 Å². The van der Waals surface area contributed by atoms with Gasteiger partial charge in [-0.25, -0.2) is 4.79 Å². The van der Waals surface area contributed by atoms with Crippen LogP contribution < -0.4 is 10.6 Å². The third-order valence-corrected chi connectivity index (χ3v) is 6.69. The second-order valence-electron chi connectivity index (χ2n) is 8.54. The van der Waals surface area contributed by atoms with Gasteiger partial charge in [-0.2, -0.15) is 0 Å². The molecule has 158 valence electrons. The lowest BCUT2D eigenvalue weighted by molar-refractivity contribution is 0.0184. The highest BCUT2D eigenvalue weighted by Gasteiger charge is 2.42. The molecule has 6 rings (SSSR count). The Labute approximate surface area is 183 Å². The first kappa shape index (κ1) is 19.8. The summed E-state index contributed by atoms with van der Waals surface area (Å²) in [5.41, 5.74) is 4.17. The van der Waals surface area contributed by atoms with Crippen molar-refractivity contribution in [3.05, 3.63) is 84.7 Å². The first-order chi connectivity index (χ1) is 15.3. The van der Waals surface area contributed by atoms with Crippen molar-refractivity contribution in [3.8, 4) is 11.1 Å². The van der Waals surface area contributed by atoms with Crippen LogP contribution in [0.4, 0.5) is 10.5 Å². The summed E-state index contributed by atoms with van der Waals surface area (Å²) >= 11 is 0. The Bertz CT molecular complexity index is 1020. The van der Waals surface area contributed by atoms with E-state index in [1.807, 2.05) is 60.9 Å². The monoisotopic (exact) mass is 412 g/mol. The summed E-state index contributed by atoms with van der Waals surface area (Å²) in [7, 11) is 0. The topological polar surface area (TPSA) is 57.3 Å². The maximum atomic E-state index is 13.1. The number of anilines is 1. The molecule has 2 amide bonds. The summed E-state index contributed by atoms with van der Waals surface area (Å²) in [6, 6.07) is 22.6. The minimum atomic E-state index is -0.127. The number of amides is 2. The fraction of sp³-hybridized carbons (Fsp3) is 0.308. The number of benzene rings is 2. The standard InChI is InChI=1S/C26H28N4O/c31-26(28-23-11-5-4-10-22(23)20-8-2-1-3-9-20)29-25-21-12-15-30(16-13-21)24(25)17-19-7-6-14-27-18-19/h1-11,14,18,21,24-25H,12-13,15-17H2,(H2,28,29,31). The number of pyridine rings is 1. The molecule has 0 radical (unpaired) electrons. The van der Waals surface area contributed by atoms with Gasteiger partial charge in [-0.05, 0) is 61.5 Å². The minimum Gasteiger partial charge on any atom is -0.333 e. The van der Waals surface area contributed by atoms with Crippen molar-refractivity contribution in [2.24, 2.45) is 5.92 Å². The molecule has 31 heavy (non-hydrogen) atoms. The van der Waals surface area contributed by atoms with Gasteiger partial charge in [0.1, 0.15) is 0 Å². The van der Waals surface area contributed by atoms with Gasteiger partial charge in [-0.1, -0.05) is 54.6 Å². The average Bonchev–Trinajstić information content (AvgIpc) is 2.83. The highest BCUT2D eigenvalue weighted by atomic mass is 16.2. The van der Waals surface area contributed by atoms with E-state index in [1.54, 1.807) is 0 Å². The summed E-state index contributed by atoms with van der Waals surface area (Å²) in [5, 5.41) is 6.45. The molecule has 5 heteroatoms. The molecule has 2 aromatic carbocycles. The molecule has 2 atom stereocenters. The fourth-order valence-electron chi connectivity index (χ4n) is 5.15. The van der Waals surface area contributed by atoms with Gasteiger partial charge in [-0.3, -0.25) is 9.88 Å². The number of carbonyl (C=O) groups excluding carboxylic acids is 1.